The van der Waals surface area contributed by atoms with Crippen LogP contribution >= 0.6 is 0 Å². The van der Waals surface area contributed by atoms with Gasteiger partial charge in [0.25, 0.3) is 5.91 Å². The van der Waals surface area contributed by atoms with E-state index in [-0.39, 0.29) is 23.5 Å². The first-order valence-electron chi connectivity index (χ1n) is 12.6. The Hall–Kier alpha value is -4.06. The Balaban J connectivity index is 1.55. The quantitative estimate of drug-likeness (QED) is 0.373. The second kappa shape index (κ2) is 13.1. The minimum absolute atomic E-state index is 0.196. The molecule has 9 nitrogen and oxygen atoms in total. The molecular formula is C27H31F3N6O3. The highest BCUT2D eigenvalue weighted by Gasteiger charge is 2.29. The van der Waals surface area contributed by atoms with Crippen LogP contribution in [0.15, 0.2) is 54.6 Å². The molecule has 6 bridgehead atoms. The Kier molecular flexibility index (Phi) is 9.42. The number of amides is 1. The SMILES string of the molecule is C[C@H]1CNCCCOc2ccc(cc2)CNc2cc(nc(OCC(F)(F)F)n2)Nc2ccc(cc2)C(=O)NC1. The standard InChI is InChI=1S/C27H31F3N6O3/c1-18-14-31-11-2-12-38-22-9-3-19(4-10-22)16-32-23-13-24(36-26(35-23)39-17-27(28,29)30)34-21-7-5-20(6-8-21)25(37)33-15-18/h3-10,13,18,31H,2,11-12,14-17H2,1H3,(H,33,37)(H2,32,34,35,36)/t18-/m0/s1. The molecule has 0 aliphatic carbocycles. The Morgan fingerprint density at radius 3 is 2.49 bits per heavy atom. The number of hydrogen-bond donors (Lipinski definition) is 4. The molecule has 3 aromatic rings. The van der Waals surface area contributed by atoms with Crippen LogP contribution in [0.2, 0.25) is 0 Å². The minimum atomic E-state index is -4.53. The van der Waals surface area contributed by atoms with Crippen LogP contribution in [-0.2, 0) is 6.54 Å². The summed E-state index contributed by atoms with van der Waals surface area (Å²) in [4.78, 5) is 20.7. The molecule has 4 aliphatic heterocycles. The third kappa shape index (κ3) is 9.32. The Labute approximate surface area is 224 Å². The first kappa shape index (κ1) is 28.0. The molecule has 1 amide bonds. The number of hydrogen-bond acceptors (Lipinski definition) is 8. The van der Waals surface area contributed by atoms with E-state index in [4.69, 9.17) is 9.47 Å². The van der Waals surface area contributed by atoms with E-state index in [1.54, 1.807) is 30.3 Å². The lowest BCUT2D eigenvalue weighted by Gasteiger charge is -2.15. The number of alkyl halides is 3. The van der Waals surface area contributed by atoms with Gasteiger partial charge in [-0.2, -0.15) is 23.1 Å². The zero-order valence-electron chi connectivity index (χ0n) is 21.5. The van der Waals surface area contributed by atoms with Gasteiger partial charge in [-0.05, 0) is 67.4 Å². The summed E-state index contributed by atoms with van der Waals surface area (Å²) in [5, 5.41) is 12.5. The molecule has 2 aromatic carbocycles. The van der Waals surface area contributed by atoms with E-state index < -0.39 is 18.8 Å². The number of nitrogens with zero attached hydrogens (tertiary/aromatic N) is 2. The van der Waals surface area contributed by atoms with Crippen molar-refractivity contribution in [1.29, 1.82) is 0 Å². The molecule has 0 unspecified atom stereocenters. The Morgan fingerprint density at radius 1 is 1.00 bits per heavy atom. The fraction of sp³-hybridized carbons (Fsp3) is 0.370. The summed E-state index contributed by atoms with van der Waals surface area (Å²) in [7, 11) is 0. The summed E-state index contributed by atoms with van der Waals surface area (Å²) in [6, 6.07) is 15.4. The molecule has 7 rings (SSSR count). The average Bonchev–Trinajstić information content (AvgIpc) is 2.91. The summed E-state index contributed by atoms with van der Waals surface area (Å²) in [6.07, 6.45) is -3.70. The Bertz CT molecular complexity index is 1220. The van der Waals surface area contributed by atoms with E-state index in [0.717, 1.165) is 30.8 Å². The van der Waals surface area contributed by atoms with Gasteiger partial charge in [-0.25, -0.2) is 0 Å². The van der Waals surface area contributed by atoms with Crippen LogP contribution in [0.1, 0.15) is 29.3 Å². The van der Waals surface area contributed by atoms with E-state index >= 15 is 0 Å². The van der Waals surface area contributed by atoms with Crippen LogP contribution in [-0.4, -0.2) is 54.9 Å². The second-order valence-corrected chi connectivity index (χ2v) is 9.25. The lowest BCUT2D eigenvalue weighted by atomic mass is 10.1. The average molecular weight is 545 g/mol. The van der Waals surface area contributed by atoms with Gasteiger partial charge in [0.15, 0.2) is 6.61 Å². The molecule has 39 heavy (non-hydrogen) atoms. The lowest BCUT2D eigenvalue weighted by molar-refractivity contribution is -0.154. The molecule has 1 atom stereocenters. The van der Waals surface area contributed by atoms with Crippen LogP contribution < -0.4 is 30.7 Å². The molecule has 4 N–H and O–H groups in total. The van der Waals surface area contributed by atoms with Crippen molar-refractivity contribution >= 4 is 23.2 Å². The third-order valence-corrected chi connectivity index (χ3v) is 5.76. The number of benzene rings is 2. The fourth-order valence-corrected chi connectivity index (χ4v) is 3.72. The van der Waals surface area contributed by atoms with Crippen LogP contribution in [0.4, 0.5) is 30.5 Å². The number of anilines is 3. The molecule has 0 radical (unpaired) electrons. The fourth-order valence-electron chi connectivity index (χ4n) is 3.72. The highest BCUT2D eigenvalue weighted by molar-refractivity contribution is 5.94. The van der Waals surface area contributed by atoms with E-state index in [1.165, 1.54) is 0 Å². The summed E-state index contributed by atoms with van der Waals surface area (Å²) < 4.78 is 48.8. The smallest absolute Gasteiger partial charge is 0.422 e. The maximum atomic E-state index is 12.7. The highest BCUT2D eigenvalue weighted by atomic mass is 19.4. The molecule has 0 saturated heterocycles. The molecule has 5 heterocycles. The van der Waals surface area contributed by atoms with Crippen molar-refractivity contribution in [2.45, 2.75) is 26.1 Å². The van der Waals surface area contributed by atoms with E-state index in [1.807, 2.05) is 24.3 Å². The molecule has 208 valence electrons. The number of carbonyl (C=O) groups is 1. The molecule has 0 spiro atoms. The number of ether oxygens (including phenoxy) is 2. The summed E-state index contributed by atoms with van der Waals surface area (Å²) in [5.74, 6) is 1.28. The van der Waals surface area contributed by atoms with Crippen molar-refractivity contribution < 1.29 is 27.4 Å². The van der Waals surface area contributed by atoms with Gasteiger partial charge in [-0.3, -0.25) is 4.79 Å². The van der Waals surface area contributed by atoms with Crippen LogP contribution in [0.5, 0.6) is 11.8 Å². The number of aromatic nitrogens is 2. The normalized spacial score (nSPS) is 17.2. The monoisotopic (exact) mass is 544 g/mol. The third-order valence-electron chi connectivity index (χ3n) is 5.76. The molecular weight excluding hydrogens is 513 g/mol. The summed E-state index contributed by atoms with van der Waals surface area (Å²) >= 11 is 0. The molecule has 0 fully saturated rings. The largest absolute Gasteiger partial charge is 0.494 e. The summed E-state index contributed by atoms with van der Waals surface area (Å²) in [5.41, 5.74) is 1.99. The van der Waals surface area contributed by atoms with Crippen LogP contribution in [0.3, 0.4) is 0 Å². The van der Waals surface area contributed by atoms with Gasteiger partial charge in [-0.15, -0.1) is 0 Å². The van der Waals surface area contributed by atoms with Gasteiger partial charge in [0.2, 0.25) is 0 Å². The molecule has 1 aromatic heterocycles. The Morgan fingerprint density at radius 2 is 1.74 bits per heavy atom. The zero-order chi connectivity index (χ0) is 27.7. The van der Waals surface area contributed by atoms with Gasteiger partial charge in [0.05, 0.1) is 6.61 Å². The van der Waals surface area contributed by atoms with Gasteiger partial charge in [0.1, 0.15) is 17.4 Å². The van der Waals surface area contributed by atoms with Gasteiger partial charge in [-0.1, -0.05) is 19.1 Å². The van der Waals surface area contributed by atoms with E-state index in [2.05, 4.69) is 38.2 Å². The summed E-state index contributed by atoms with van der Waals surface area (Å²) in [6.45, 7) is 3.54. The van der Waals surface area contributed by atoms with Crippen molar-refractivity contribution in [3.05, 3.63) is 65.7 Å². The molecule has 0 saturated carbocycles. The second-order valence-electron chi connectivity index (χ2n) is 9.25. The predicted molar refractivity (Wildman–Crippen MR) is 142 cm³/mol. The zero-order valence-corrected chi connectivity index (χ0v) is 21.5. The van der Waals surface area contributed by atoms with Crippen LogP contribution in [0, 0.1) is 5.92 Å². The van der Waals surface area contributed by atoms with Crippen molar-refractivity contribution in [3.8, 4) is 11.8 Å². The van der Waals surface area contributed by atoms with E-state index in [0.29, 0.717) is 30.9 Å². The van der Waals surface area contributed by atoms with E-state index in [9.17, 15) is 18.0 Å². The van der Waals surface area contributed by atoms with Crippen molar-refractivity contribution in [1.82, 2.24) is 20.6 Å². The van der Waals surface area contributed by atoms with Gasteiger partial charge < -0.3 is 30.7 Å². The number of rotatable bonds is 2. The first-order chi connectivity index (χ1) is 18.7. The highest BCUT2D eigenvalue weighted by Crippen LogP contribution is 2.23. The number of nitrogens with one attached hydrogen (secondary N) is 4. The maximum absolute atomic E-state index is 12.7. The van der Waals surface area contributed by atoms with Crippen molar-refractivity contribution in [2.75, 3.05) is 43.5 Å². The lowest BCUT2D eigenvalue weighted by Crippen LogP contribution is -2.33. The van der Waals surface area contributed by atoms with Gasteiger partial charge >= 0.3 is 12.2 Å². The van der Waals surface area contributed by atoms with Crippen LogP contribution in [0.25, 0.3) is 0 Å². The number of halogens is 3. The topological polar surface area (TPSA) is 109 Å². The van der Waals surface area contributed by atoms with Gasteiger partial charge in [0, 0.05) is 30.4 Å². The maximum Gasteiger partial charge on any atom is 0.422 e. The predicted octanol–water partition coefficient (Wildman–Crippen LogP) is 4.51. The number of carbonyl (C=O) groups excluding carboxylic acids is 1. The molecule has 12 heteroatoms. The minimum Gasteiger partial charge on any atom is -0.494 e. The van der Waals surface area contributed by atoms with Crippen molar-refractivity contribution in [3.63, 3.8) is 0 Å². The van der Waals surface area contributed by atoms with Crippen molar-refractivity contribution in [2.24, 2.45) is 5.92 Å². The first-order valence-corrected chi connectivity index (χ1v) is 12.6. The molecule has 4 aliphatic rings.